The lowest BCUT2D eigenvalue weighted by atomic mass is 9.56. The highest BCUT2D eigenvalue weighted by Gasteiger charge is 2.62. The van der Waals surface area contributed by atoms with Crippen LogP contribution >= 0.6 is 0 Å². The van der Waals surface area contributed by atoms with E-state index in [2.05, 4.69) is 6.58 Å². The number of aliphatic hydroxyl groups is 6. The van der Waals surface area contributed by atoms with Gasteiger partial charge in [0.15, 0.2) is 6.29 Å². The molecule has 10 heteroatoms. The van der Waals surface area contributed by atoms with Crippen LogP contribution in [0.2, 0.25) is 0 Å². The van der Waals surface area contributed by atoms with Crippen LogP contribution in [0.1, 0.15) is 41.5 Å². The van der Waals surface area contributed by atoms with Gasteiger partial charge in [0, 0.05) is 6.08 Å². The summed E-state index contributed by atoms with van der Waals surface area (Å²) < 4.78 is 15.6. The normalized spacial score (nSPS) is 15.0. The molecule has 0 heterocycles. The average molecular weight is 453 g/mol. The molecule has 0 rings (SSSR count). The van der Waals surface area contributed by atoms with E-state index in [0.29, 0.717) is 0 Å². The maximum absolute atomic E-state index is 11.0. The van der Waals surface area contributed by atoms with Gasteiger partial charge in [-0.1, -0.05) is 6.58 Å². The zero-order valence-electron chi connectivity index (χ0n) is 19.4. The Hall–Kier alpha value is -1.11. The number of ether oxygens (including phenoxy) is 3. The van der Waals surface area contributed by atoms with Crippen molar-refractivity contribution < 1.29 is 49.6 Å². The van der Waals surface area contributed by atoms with Gasteiger partial charge in [-0.25, -0.2) is 4.79 Å². The summed E-state index contributed by atoms with van der Waals surface area (Å²) in [6.45, 7) is 9.16. The molecule has 1 atom stereocenters. The summed E-state index contributed by atoms with van der Waals surface area (Å²) in [4.78, 5) is 11.0. The number of hydrogen-bond donors (Lipinski definition) is 6. The summed E-state index contributed by atoms with van der Waals surface area (Å²) in [5.74, 6) is -0.668. The molecule has 0 aliphatic rings. The van der Waals surface area contributed by atoms with E-state index in [4.69, 9.17) is 14.2 Å². The topological polar surface area (TPSA) is 166 Å². The number of hydrogen-bond acceptors (Lipinski definition) is 10. The Kier molecular flexibility index (Phi) is 10.8. The van der Waals surface area contributed by atoms with Gasteiger partial charge < -0.3 is 44.8 Å². The maximum Gasteiger partial charge on any atom is 0.330 e. The molecule has 31 heavy (non-hydrogen) atoms. The Bertz CT molecular complexity index is 528. The van der Waals surface area contributed by atoms with Crippen molar-refractivity contribution in [2.45, 2.75) is 64.6 Å². The summed E-state index contributed by atoms with van der Waals surface area (Å²) in [6, 6.07) is 0. The maximum atomic E-state index is 11.0. The quantitative estimate of drug-likeness (QED) is 0.0812. The molecule has 184 valence electrons. The van der Waals surface area contributed by atoms with Crippen LogP contribution in [0.25, 0.3) is 0 Å². The molecular formula is C21H40O10. The Morgan fingerprint density at radius 1 is 0.903 bits per heavy atom. The van der Waals surface area contributed by atoms with Crippen LogP contribution in [0.3, 0.4) is 0 Å². The molecule has 10 nitrogen and oxygen atoms in total. The molecule has 0 amide bonds. The van der Waals surface area contributed by atoms with E-state index < -0.39 is 59.7 Å². The van der Waals surface area contributed by atoms with Crippen molar-refractivity contribution in [1.29, 1.82) is 0 Å². The third-order valence-electron chi connectivity index (χ3n) is 5.77. The molecule has 0 aliphatic carbocycles. The highest BCUT2D eigenvalue weighted by molar-refractivity contribution is 5.81. The Morgan fingerprint density at radius 2 is 1.35 bits per heavy atom. The second-order valence-corrected chi connectivity index (χ2v) is 9.35. The van der Waals surface area contributed by atoms with Crippen LogP contribution < -0.4 is 0 Å². The van der Waals surface area contributed by atoms with E-state index in [0.717, 1.165) is 6.08 Å². The minimum atomic E-state index is -1.69. The van der Waals surface area contributed by atoms with Gasteiger partial charge in [-0.05, 0) is 41.5 Å². The van der Waals surface area contributed by atoms with E-state index in [1.165, 1.54) is 41.5 Å². The SMILES string of the molecule is C=CC(=O)OCCOC(O)C(CO)(CO)COCC(C(C)(C)O)(C(C)(C)O)C(C)(C)O. The number of carbonyl (C=O) groups is 1. The lowest BCUT2D eigenvalue weighted by Crippen LogP contribution is -2.69. The summed E-state index contributed by atoms with van der Waals surface area (Å²) in [6.07, 6.45) is -0.721. The molecular weight excluding hydrogens is 412 g/mol. The predicted molar refractivity (Wildman–Crippen MR) is 112 cm³/mol. The molecule has 0 saturated carbocycles. The molecule has 1 unspecified atom stereocenters. The lowest BCUT2D eigenvalue weighted by Gasteiger charge is -2.57. The van der Waals surface area contributed by atoms with Crippen molar-refractivity contribution in [2.75, 3.05) is 39.6 Å². The molecule has 0 radical (unpaired) electrons. The largest absolute Gasteiger partial charge is 0.460 e. The first-order chi connectivity index (χ1) is 14.0. The molecule has 0 saturated heterocycles. The van der Waals surface area contributed by atoms with Crippen LogP contribution in [0, 0.1) is 10.8 Å². The van der Waals surface area contributed by atoms with Gasteiger partial charge in [-0.3, -0.25) is 0 Å². The fourth-order valence-electron chi connectivity index (χ4n) is 4.09. The van der Waals surface area contributed by atoms with Gasteiger partial charge in [0.1, 0.15) is 6.61 Å². The molecule has 6 N–H and O–H groups in total. The van der Waals surface area contributed by atoms with Crippen LogP contribution in [-0.4, -0.2) is 99.3 Å². The second-order valence-electron chi connectivity index (χ2n) is 9.35. The highest BCUT2D eigenvalue weighted by atomic mass is 16.6. The Balaban J connectivity index is 5.47. The van der Waals surface area contributed by atoms with Crippen LogP contribution in [-0.2, 0) is 19.0 Å². The van der Waals surface area contributed by atoms with Crippen LogP contribution in [0.5, 0.6) is 0 Å². The minimum Gasteiger partial charge on any atom is -0.460 e. The second kappa shape index (κ2) is 11.2. The monoisotopic (exact) mass is 452 g/mol. The van der Waals surface area contributed by atoms with E-state index in [1.807, 2.05) is 0 Å². The molecule has 0 aromatic rings. The molecule has 0 aromatic carbocycles. The van der Waals surface area contributed by atoms with Crippen molar-refractivity contribution in [3.63, 3.8) is 0 Å². The third-order valence-corrected chi connectivity index (χ3v) is 5.77. The predicted octanol–water partition coefficient (Wildman–Crippen LogP) is -0.663. The first-order valence-electron chi connectivity index (χ1n) is 10.0. The first kappa shape index (κ1) is 29.9. The minimum absolute atomic E-state index is 0.186. The summed E-state index contributed by atoms with van der Waals surface area (Å²) in [5.41, 5.74) is -8.11. The van der Waals surface area contributed by atoms with Gasteiger partial charge >= 0.3 is 5.97 Å². The Labute approximate surface area is 184 Å². The number of esters is 1. The molecule has 0 spiro atoms. The highest BCUT2D eigenvalue weighted by Crippen LogP contribution is 2.50. The van der Waals surface area contributed by atoms with E-state index in [-0.39, 0.29) is 19.8 Å². The van der Waals surface area contributed by atoms with Gasteiger partial charge in [0.25, 0.3) is 0 Å². The number of rotatable bonds is 15. The van der Waals surface area contributed by atoms with Crippen molar-refractivity contribution in [1.82, 2.24) is 0 Å². The van der Waals surface area contributed by atoms with E-state index >= 15 is 0 Å². The van der Waals surface area contributed by atoms with Crippen molar-refractivity contribution in [3.05, 3.63) is 12.7 Å². The zero-order valence-corrected chi connectivity index (χ0v) is 19.4. The molecule has 0 bridgehead atoms. The fourth-order valence-corrected chi connectivity index (χ4v) is 4.09. The molecule has 0 aromatic heterocycles. The zero-order chi connectivity index (χ0) is 24.7. The number of carbonyl (C=O) groups excluding carboxylic acids is 1. The first-order valence-corrected chi connectivity index (χ1v) is 10.0. The standard InChI is InChI=1S/C21H40O10/c1-8-15(24)30-9-10-31-16(25)20(11-22,12-23)13-29-14-21(17(2,3)26,18(4,5)27)19(6,7)28/h8,16,22-23,25-28H,1,9-14H2,2-7H3. The van der Waals surface area contributed by atoms with Gasteiger partial charge in [0.2, 0.25) is 0 Å². The summed E-state index contributed by atoms with van der Waals surface area (Å²) >= 11 is 0. The van der Waals surface area contributed by atoms with Crippen LogP contribution in [0.15, 0.2) is 12.7 Å². The molecule has 0 aliphatic heterocycles. The lowest BCUT2D eigenvalue weighted by molar-refractivity contribution is -0.278. The summed E-state index contributed by atoms with van der Waals surface area (Å²) in [7, 11) is 0. The smallest absolute Gasteiger partial charge is 0.330 e. The Morgan fingerprint density at radius 3 is 1.71 bits per heavy atom. The van der Waals surface area contributed by atoms with Gasteiger partial charge in [-0.2, -0.15) is 0 Å². The average Bonchev–Trinajstić information content (AvgIpc) is 2.62. The van der Waals surface area contributed by atoms with Crippen molar-refractivity contribution in [3.8, 4) is 0 Å². The van der Waals surface area contributed by atoms with Gasteiger partial charge in [-0.15, -0.1) is 0 Å². The summed E-state index contributed by atoms with van der Waals surface area (Å²) in [5, 5.41) is 62.5. The van der Waals surface area contributed by atoms with Crippen molar-refractivity contribution in [2.24, 2.45) is 10.8 Å². The van der Waals surface area contributed by atoms with E-state index in [9.17, 15) is 35.4 Å². The van der Waals surface area contributed by atoms with E-state index in [1.54, 1.807) is 0 Å². The molecule has 0 fully saturated rings. The van der Waals surface area contributed by atoms with Crippen LogP contribution in [0.4, 0.5) is 0 Å². The number of aliphatic hydroxyl groups excluding tert-OH is 3. The van der Waals surface area contributed by atoms with Crippen molar-refractivity contribution >= 4 is 5.97 Å². The fraction of sp³-hybridized carbons (Fsp3) is 0.857. The van der Waals surface area contributed by atoms with Gasteiger partial charge in [0.05, 0.1) is 60.7 Å². The third kappa shape index (κ3) is 6.93.